The van der Waals surface area contributed by atoms with Crippen LogP contribution in [0.5, 0.6) is 5.75 Å². The first-order valence-electron chi connectivity index (χ1n) is 8.27. The fraction of sp³-hybridized carbons (Fsp3) is 0.667. The van der Waals surface area contributed by atoms with Crippen LogP contribution in [0.15, 0.2) is 18.2 Å². The largest absolute Gasteiger partial charge is 0.493 e. The molecule has 1 N–H and O–H groups in total. The number of rotatable bonds is 8. The molecule has 1 atom stereocenters. The molecule has 1 aromatic rings. The van der Waals surface area contributed by atoms with Crippen molar-refractivity contribution in [2.45, 2.75) is 58.9 Å². The van der Waals surface area contributed by atoms with E-state index >= 15 is 0 Å². The van der Waals surface area contributed by atoms with Gasteiger partial charge in [0.25, 0.3) is 0 Å². The number of ether oxygens (including phenoxy) is 1. The molecule has 2 heteroatoms. The molecule has 1 aliphatic rings. The minimum Gasteiger partial charge on any atom is -0.493 e. The molecule has 1 aliphatic carbocycles. The summed E-state index contributed by atoms with van der Waals surface area (Å²) in [4.78, 5) is 0. The van der Waals surface area contributed by atoms with Crippen molar-refractivity contribution >= 4 is 0 Å². The number of nitrogens with one attached hydrogen (secondary N) is 1. The average Bonchev–Trinajstić information content (AvgIpc) is 2.88. The van der Waals surface area contributed by atoms with Crippen LogP contribution in [0.2, 0.25) is 0 Å². The zero-order valence-electron chi connectivity index (χ0n) is 13.2. The summed E-state index contributed by atoms with van der Waals surface area (Å²) in [6.45, 7) is 8.66. The molecule has 0 saturated heterocycles. The van der Waals surface area contributed by atoms with Gasteiger partial charge in [0, 0.05) is 6.04 Å². The van der Waals surface area contributed by atoms with Gasteiger partial charge in [0.05, 0.1) is 6.61 Å². The molecule has 0 bridgehead atoms. The van der Waals surface area contributed by atoms with Crippen molar-refractivity contribution in [3.8, 4) is 5.75 Å². The standard InChI is InChI=1S/C18H29NO/c1-4-11-19-18-10-7-15-12-16(8-9-17(15)18)20-13-14(5-2)6-3/h8-9,12,14,18-19H,4-7,10-11,13H2,1-3H3. The van der Waals surface area contributed by atoms with Crippen molar-refractivity contribution in [1.29, 1.82) is 0 Å². The van der Waals surface area contributed by atoms with Gasteiger partial charge in [-0.25, -0.2) is 0 Å². The minimum atomic E-state index is 0.554. The van der Waals surface area contributed by atoms with Gasteiger partial charge in [-0.15, -0.1) is 0 Å². The van der Waals surface area contributed by atoms with Gasteiger partial charge in [-0.1, -0.05) is 39.7 Å². The van der Waals surface area contributed by atoms with E-state index in [2.05, 4.69) is 44.3 Å². The lowest BCUT2D eigenvalue weighted by atomic mass is 10.1. The van der Waals surface area contributed by atoms with E-state index in [-0.39, 0.29) is 0 Å². The fourth-order valence-electron chi connectivity index (χ4n) is 2.95. The van der Waals surface area contributed by atoms with E-state index in [9.17, 15) is 0 Å². The van der Waals surface area contributed by atoms with Gasteiger partial charge in [0.15, 0.2) is 0 Å². The Balaban J connectivity index is 1.95. The summed E-state index contributed by atoms with van der Waals surface area (Å²) in [6.07, 6.45) is 6.00. The monoisotopic (exact) mass is 275 g/mol. The lowest BCUT2D eigenvalue weighted by Crippen LogP contribution is -2.19. The van der Waals surface area contributed by atoms with Gasteiger partial charge < -0.3 is 10.1 Å². The van der Waals surface area contributed by atoms with E-state index in [4.69, 9.17) is 4.74 Å². The van der Waals surface area contributed by atoms with Gasteiger partial charge in [-0.05, 0) is 55.0 Å². The van der Waals surface area contributed by atoms with Crippen molar-refractivity contribution in [3.63, 3.8) is 0 Å². The van der Waals surface area contributed by atoms with E-state index in [0.29, 0.717) is 12.0 Å². The molecule has 20 heavy (non-hydrogen) atoms. The summed E-state index contributed by atoms with van der Waals surface area (Å²) < 4.78 is 5.97. The topological polar surface area (TPSA) is 21.3 Å². The van der Waals surface area contributed by atoms with E-state index in [1.54, 1.807) is 0 Å². The van der Waals surface area contributed by atoms with Gasteiger partial charge in [0.1, 0.15) is 5.75 Å². The Morgan fingerprint density at radius 3 is 2.75 bits per heavy atom. The Labute approximate surface area is 123 Å². The van der Waals surface area contributed by atoms with Crippen LogP contribution in [0.3, 0.4) is 0 Å². The maximum absolute atomic E-state index is 5.97. The lowest BCUT2D eigenvalue weighted by Gasteiger charge is -2.16. The summed E-state index contributed by atoms with van der Waals surface area (Å²) in [6, 6.07) is 7.22. The zero-order chi connectivity index (χ0) is 14.4. The van der Waals surface area contributed by atoms with Crippen molar-refractivity contribution in [3.05, 3.63) is 29.3 Å². The first-order chi connectivity index (χ1) is 9.78. The predicted molar refractivity (Wildman–Crippen MR) is 85.4 cm³/mol. The highest BCUT2D eigenvalue weighted by Crippen LogP contribution is 2.33. The Kier molecular flexibility index (Phi) is 5.90. The molecule has 0 fully saturated rings. The molecular formula is C18H29NO. The lowest BCUT2D eigenvalue weighted by molar-refractivity contribution is 0.240. The Bertz CT molecular complexity index is 412. The van der Waals surface area contributed by atoms with Crippen molar-refractivity contribution in [1.82, 2.24) is 5.32 Å². The van der Waals surface area contributed by atoms with Gasteiger partial charge >= 0.3 is 0 Å². The minimum absolute atomic E-state index is 0.554. The SMILES string of the molecule is CCCNC1CCc2cc(OCC(CC)CC)ccc21. The van der Waals surface area contributed by atoms with Crippen LogP contribution in [0.4, 0.5) is 0 Å². The van der Waals surface area contributed by atoms with E-state index in [1.807, 2.05) is 0 Å². The molecule has 0 amide bonds. The molecule has 0 aliphatic heterocycles. The zero-order valence-corrected chi connectivity index (χ0v) is 13.2. The third kappa shape index (κ3) is 3.76. The number of aryl methyl sites for hydroxylation is 1. The average molecular weight is 275 g/mol. The Morgan fingerprint density at radius 2 is 2.05 bits per heavy atom. The third-order valence-corrected chi connectivity index (χ3v) is 4.47. The molecule has 2 nitrogen and oxygen atoms in total. The molecule has 0 saturated carbocycles. The summed E-state index contributed by atoms with van der Waals surface area (Å²) in [5, 5.41) is 3.63. The second-order valence-electron chi connectivity index (χ2n) is 5.90. The van der Waals surface area contributed by atoms with Crippen molar-refractivity contribution in [2.75, 3.05) is 13.2 Å². The smallest absolute Gasteiger partial charge is 0.119 e. The van der Waals surface area contributed by atoms with Crippen molar-refractivity contribution < 1.29 is 4.74 Å². The molecule has 1 aromatic carbocycles. The fourth-order valence-corrected chi connectivity index (χ4v) is 2.95. The first kappa shape index (κ1) is 15.4. The van der Waals surface area contributed by atoms with Gasteiger partial charge in [-0.2, -0.15) is 0 Å². The third-order valence-electron chi connectivity index (χ3n) is 4.47. The predicted octanol–water partition coefficient (Wildman–Crippen LogP) is 4.49. The van der Waals surface area contributed by atoms with Crippen LogP contribution in [0.25, 0.3) is 0 Å². The molecule has 0 heterocycles. The van der Waals surface area contributed by atoms with Gasteiger partial charge in [0.2, 0.25) is 0 Å². The van der Waals surface area contributed by atoms with Crippen LogP contribution in [-0.4, -0.2) is 13.2 Å². The van der Waals surface area contributed by atoms with Crippen LogP contribution < -0.4 is 10.1 Å². The molecule has 1 unspecified atom stereocenters. The highest BCUT2D eigenvalue weighted by Gasteiger charge is 2.22. The van der Waals surface area contributed by atoms with E-state index < -0.39 is 0 Å². The molecule has 112 valence electrons. The number of hydrogen-bond acceptors (Lipinski definition) is 2. The van der Waals surface area contributed by atoms with Crippen LogP contribution in [-0.2, 0) is 6.42 Å². The van der Waals surface area contributed by atoms with Crippen LogP contribution in [0, 0.1) is 5.92 Å². The Morgan fingerprint density at radius 1 is 1.25 bits per heavy atom. The molecule has 0 radical (unpaired) electrons. The molecule has 2 rings (SSSR count). The normalized spacial score (nSPS) is 17.5. The highest BCUT2D eigenvalue weighted by molar-refractivity contribution is 5.40. The van der Waals surface area contributed by atoms with Gasteiger partial charge in [-0.3, -0.25) is 0 Å². The van der Waals surface area contributed by atoms with Crippen LogP contribution in [0.1, 0.15) is 63.6 Å². The van der Waals surface area contributed by atoms with Crippen LogP contribution >= 0.6 is 0 Å². The van der Waals surface area contributed by atoms with Crippen molar-refractivity contribution in [2.24, 2.45) is 5.92 Å². The number of benzene rings is 1. The number of hydrogen-bond donors (Lipinski definition) is 1. The summed E-state index contributed by atoms with van der Waals surface area (Å²) >= 11 is 0. The van der Waals surface area contributed by atoms with E-state index in [1.165, 1.54) is 43.2 Å². The summed E-state index contributed by atoms with van der Waals surface area (Å²) in [5.41, 5.74) is 2.95. The summed E-state index contributed by atoms with van der Waals surface area (Å²) in [7, 11) is 0. The second-order valence-corrected chi connectivity index (χ2v) is 5.90. The molecule has 0 aromatic heterocycles. The maximum Gasteiger partial charge on any atom is 0.119 e. The maximum atomic E-state index is 5.97. The second kappa shape index (κ2) is 7.68. The molecule has 0 spiro atoms. The Hall–Kier alpha value is -1.02. The first-order valence-corrected chi connectivity index (χ1v) is 8.27. The molecular weight excluding hydrogens is 246 g/mol. The number of fused-ring (bicyclic) bond motifs is 1. The highest BCUT2D eigenvalue weighted by atomic mass is 16.5. The quantitative estimate of drug-likeness (QED) is 0.755. The summed E-state index contributed by atoms with van der Waals surface area (Å²) in [5.74, 6) is 1.73. The van der Waals surface area contributed by atoms with E-state index in [0.717, 1.165) is 18.9 Å².